The third-order valence-electron chi connectivity index (χ3n) is 6.55. The molecule has 0 bridgehead atoms. The minimum Gasteiger partial charge on any atom is -0.379 e. The number of alkyl halides is 3. The molecule has 0 aliphatic carbocycles. The molecule has 3 aliphatic rings. The first-order valence-electron chi connectivity index (χ1n) is 11.1. The lowest BCUT2D eigenvalue weighted by Gasteiger charge is -2.40. The monoisotopic (exact) mass is 495 g/mol. The molecule has 0 saturated carbocycles. The van der Waals surface area contributed by atoms with E-state index in [1.165, 1.54) is 33.5 Å². The Morgan fingerprint density at radius 2 is 1.76 bits per heavy atom. The second kappa shape index (κ2) is 8.54. The summed E-state index contributed by atoms with van der Waals surface area (Å²) in [5.41, 5.74) is 0.646. The number of carbonyl (C=O) groups excluding carboxylic acids is 1. The van der Waals surface area contributed by atoms with Crippen LogP contribution >= 0.6 is 0 Å². The van der Waals surface area contributed by atoms with Crippen molar-refractivity contribution in [3.05, 3.63) is 53.6 Å². The van der Waals surface area contributed by atoms with E-state index in [2.05, 4.69) is 0 Å². The minimum absolute atomic E-state index is 0.0487. The highest BCUT2D eigenvalue weighted by atomic mass is 32.2. The quantitative estimate of drug-likeness (QED) is 0.652. The van der Waals surface area contributed by atoms with Crippen LogP contribution in [0.3, 0.4) is 0 Å². The molecule has 2 saturated heterocycles. The van der Waals surface area contributed by atoms with Crippen molar-refractivity contribution >= 4 is 27.3 Å². The second-order valence-corrected chi connectivity index (χ2v) is 10.6. The van der Waals surface area contributed by atoms with Gasteiger partial charge in [-0.05, 0) is 48.7 Å². The molecule has 0 spiro atoms. The van der Waals surface area contributed by atoms with Gasteiger partial charge in [-0.3, -0.25) is 4.79 Å². The van der Waals surface area contributed by atoms with E-state index < -0.39 is 27.8 Å². The molecule has 0 radical (unpaired) electrons. The molecule has 1 atom stereocenters. The summed E-state index contributed by atoms with van der Waals surface area (Å²) in [5, 5.41) is 0. The average Bonchev–Trinajstić information content (AvgIpc) is 3.32. The number of sulfonamides is 1. The third kappa shape index (κ3) is 4.05. The van der Waals surface area contributed by atoms with Crippen molar-refractivity contribution in [3.8, 4) is 0 Å². The van der Waals surface area contributed by atoms with E-state index in [0.717, 1.165) is 24.2 Å². The summed E-state index contributed by atoms with van der Waals surface area (Å²) >= 11 is 0. The van der Waals surface area contributed by atoms with Crippen molar-refractivity contribution in [1.82, 2.24) is 4.31 Å². The summed E-state index contributed by atoms with van der Waals surface area (Å²) in [7, 11) is -3.81. The summed E-state index contributed by atoms with van der Waals surface area (Å²) in [5.74, 6) is -0.233. The largest absolute Gasteiger partial charge is 0.416 e. The SMILES string of the molecule is O=C1[C@@H]2CCCN2c2ccc(S(=O)(=O)N3CCOCC3)cc2N1Cc1cccc(C(F)(F)F)c1. The predicted octanol–water partition coefficient (Wildman–Crippen LogP) is 3.24. The van der Waals surface area contributed by atoms with E-state index >= 15 is 0 Å². The molecule has 2 aromatic carbocycles. The van der Waals surface area contributed by atoms with E-state index in [0.29, 0.717) is 37.4 Å². The van der Waals surface area contributed by atoms with Crippen LogP contribution in [0, 0.1) is 0 Å². The van der Waals surface area contributed by atoms with Gasteiger partial charge >= 0.3 is 6.18 Å². The van der Waals surface area contributed by atoms with Gasteiger partial charge in [-0.25, -0.2) is 8.42 Å². The van der Waals surface area contributed by atoms with Crippen molar-refractivity contribution in [3.63, 3.8) is 0 Å². The number of amides is 1. The van der Waals surface area contributed by atoms with Gasteiger partial charge in [-0.2, -0.15) is 17.5 Å². The van der Waals surface area contributed by atoms with Gasteiger partial charge in [0.25, 0.3) is 0 Å². The van der Waals surface area contributed by atoms with E-state index in [4.69, 9.17) is 4.74 Å². The number of nitrogens with zero attached hydrogens (tertiary/aromatic N) is 3. The third-order valence-corrected chi connectivity index (χ3v) is 8.45. The summed E-state index contributed by atoms with van der Waals surface area (Å²) in [6.45, 7) is 1.66. The molecule has 182 valence electrons. The smallest absolute Gasteiger partial charge is 0.379 e. The van der Waals surface area contributed by atoms with Gasteiger partial charge in [0.2, 0.25) is 15.9 Å². The molecule has 3 aliphatic heterocycles. The molecule has 11 heteroatoms. The summed E-state index contributed by atoms with van der Waals surface area (Å²) < 4.78 is 72.8. The fraction of sp³-hybridized carbons (Fsp3) is 0.435. The van der Waals surface area contributed by atoms with Crippen molar-refractivity contribution in [2.45, 2.75) is 36.5 Å². The Morgan fingerprint density at radius 3 is 2.50 bits per heavy atom. The fourth-order valence-corrected chi connectivity index (χ4v) is 6.29. The summed E-state index contributed by atoms with van der Waals surface area (Å²) in [6, 6.07) is 9.18. The Bertz CT molecular complexity index is 1210. The molecule has 1 amide bonds. The number of benzene rings is 2. The zero-order valence-corrected chi connectivity index (χ0v) is 19.1. The number of rotatable bonds is 4. The van der Waals surface area contributed by atoms with E-state index in [9.17, 15) is 26.4 Å². The first-order valence-corrected chi connectivity index (χ1v) is 12.6. The van der Waals surface area contributed by atoms with Gasteiger partial charge < -0.3 is 14.5 Å². The lowest BCUT2D eigenvalue weighted by Crippen LogP contribution is -2.50. The van der Waals surface area contributed by atoms with E-state index in [1.807, 2.05) is 4.90 Å². The van der Waals surface area contributed by atoms with Gasteiger partial charge in [0.1, 0.15) is 6.04 Å². The Kier molecular flexibility index (Phi) is 5.81. The highest BCUT2D eigenvalue weighted by Gasteiger charge is 2.42. The van der Waals surface area contributed by atoms with Gasteiger partial charge in [0.05, 0.1) is 41.6 Å². The summed E-state index contributed by atoms with van der Waals surface area (Å²) in [4.78, 5) is 16.8. The van der Waals surface area contributed by atoms with Crippen LogP contribution in [0.15, 0.2) is 47.4 Å². The fourth-order valence-electron chi connectivity index (χ4n) is 4.86. The highest BCUT2D eigenvalue weighted by molar-refractivity contribution is 7.89. The molecule has 2 fully saturated rings. The van der Waals surface area contributed by atoms with Crippen LogP contribution in [-0.4, -0.2) is 57.5 Å². The first kappa shape index (κ1) is 23.1. The maximum Gasteiger partial charge on any atom is 0.416 e. The summed E-state index contributed by atoms with van der Waals surface area (Å²) in [6.07, 6.45) is -3.05. The maximum absolute atomic E-state index is 13.4. The van der Waals surface area contributed by atoms with E-state index in [1.54, 1.807) is 6.07 Å². The Hall–Kier alpha value is -2.63. The average molecular weight is 496 g/mol. The standard InChI is InChI=1S/C23H24F3N3O4S/c24-23(25,26)17-4-1-3-16(13-17)15-29-21-14-18(34(31,32)27-9-11-33-12-10-27)6-7-19(21)28-8-2-5-20(28)22(29)30/h1,3-4,6-7,13-14,20H,2,5,8-12,15H2/t20-/m0/s1. The zero-order chi connectivity index (χ0) is 24.1. The van der Waals surface area contributed by atoms with Crippen LogP contribution in [0.1, 0.15) is 24.0 Å². The van der Waals surface area contributed by atoms with Gasteiger partial charge in [0, 0.05) is 19.6 Å². The molecule has 3 heterocycles. The molecular weight excluding hydrogens is 471 g/mol. The predicted molar refractivity (Wildman–Crippen MR) is 119 cm³/mol. The van der Waals surface area contributed by atoms with Gasteiger partial charge in [-0.1, -0.05) is 12.1 Å². The molecule has 0 aromatic heterocycles. The first-order chi connectivity index (χ1) is 16.2. The molecule has 5 rings (SSSR count). The zero-order valence-electron chi connectivity index (χ0n) is 18.3. The van der Waals surface area contributed by atoms with Crippen molar-refractivity contribution in [2.24, 2.45) is 0 Å². The number of fused-ring (bicyclic) bond motifs is 3. The number of ether oxygens (including phenoxy) is 1. The lowest BCUT2D eigenvalue weighted by molar-refractivity contribution is -0.137. The normalized spacial score (nSPS) is 21.5. The molecule has 2 aromatic rings. The van der Waals surface area contributed by atoms with Crippen LogP contribution in [-0.2, 0) is 32.3 Å². The lowest BCUT2D eigenvalue weighted by atomic mass is 10.0. The number of carbonyl (C=O) groups is 1. The number of hydrogen-bond acceptors (Lipinski definition) is 5. The number of hydrogen-bond donors (Lipinski definition) is 0. The number of halogens is 3. The van der Waals surface area contributed by atoms with Crippen molar-refractivity contribution in [2.75, 3.05) is 42.6 Å². The second-order valence-electron chi connectivity index (χ2n) is 8.64. The van der Waals surface area contributed by atoms with E-state index in [-0.39, 0.29) is 30.4 Å². The molecular formula is C23H24F3N3O4S. The van der Waals surface area contributed by atoms with Gasteiger partial charge in [-0.15, -0.1) is 0 Å². The molecule has 0 unspecified atom stereocenters. The van der Waals surface area contributed by atoms with Crippen molar-refractivity contribution in [1.29, 1.82) is 0 Å². The number of anilines is 2. The maximum atomic E-state index is 13.4. The van der Waals surface area contributed by atoms with Gasteiger partial charge in [0.15, 0.2) is 0 Å². The number of morpholine rings is 1. The highest BCUT2D eigenvalue weighted by Crippen LogP contribution is 2.42. The molecule has 7 nitrogen and oxygen atoms in total. The van der Waals surface area contributed by atoms with Crippen molar-refractivity contribution < 1.29 is 31.1 Å². The molecule has 34 heavy (non-hydrogen) atoms. The van der Waals surface area contributed by atoms with Crippen LogP contribution < -0.4 is 9.80 Å². The molecule has 0 N–H and O–H groups in total. The van der Waals surface area contributed by atoms with Crippen LogP contribution in [0.2, 0.25) is 0 Å². The van der Waals surface area contributed by atoms with Crippen LogP contribution in [0.4, 0.5) is 24.5 Å². The Morgan fingerprint density at radius 1 is 1.00 bits per heavy atom. The van der Waals surface area contributed by atoms with Crippen LogP contribution in [0.25, 0.3) is 0 Å². The minimum atomic E-state index is -4.50. The Labute approximate surface area is 195 Å². The topological polar surface area (TPSA) is 70.2 Å². The van der Waals surface area contributed by atoms with Crippen LogP contribution in [0.5, 0.6) is 0 Å². The Balaban J connectivity index is 1.55.